The Labute approximate surface area is 139 Å². The zero-order chi connectivity index (χ0) is 16.4. The minimum absolute atomic E-state index is 0.0571. The number of H-pyrrole nitrogens is 1. The van der Waals surface area contributed by atoms with Crippen LogP contribution in [0.25, 0.3) is 11.4 Å². The second kappa shape index (κ2) is 6.33. The number of pyridine rings is 2. The van der Waals surface area contributed by atoms with Crippen LogP contribution >= 0.6 is 0 Å². The largest absolute Gasteiger partial charge is 0.306 e. The molecule has 6 nitrogen and oxygen atoms in total. The molecule has 1 aliphatic rings. The summed E-state index contributed by atoms with van der Waals surface area (Å²) < 4.78 is 0. The second-order valence-electron chi connectivity index (χ2n) is 5.90. The van der Waals surface area contributed by atoms with Crippen molar-refractivity contribution in [2.75, 3.05) is 6.54 Å². The van der Waals surface area contributed by atoms with Crippen LogP contribution in [0.1, 0.15) is 16.8 Å². The maximum atomic E-state index is 12.5. The Bertz CT molecular complexity index is 892. The van der Waals surface area contributed by atoms with Crippen LogP contribution in [-0.2, 0) is 19.5 Å². The molecule has 0 saturated carbocycles. The fourth-order valence-corrected chi connectivity index (χ4v) is 3.00. The van der Waals surface area contributed by atoms with Crippen LogP contribution in [0.3, 0.4) is 0 Å². The quantitative estimate of drug-likeness (QED) is 0.796. The Morgan fingerprint density at radius 1 is 1.12 bits per heavy atom. The van der Waals surface area contributed by atoms with Gasteiger partial charge in [-0.05, 0) is 29.8 Å². The SMILES string of the molecule is O=c1[nH]c(-c2cccnc2)nc2c1CN(Cc1ccncc1)CC2. The van der Waals surface area contributed by atoms with Gasteiger partial charge in [0.2, 0.25) is 0 Å². The molecule has 6 heteroatoms. The predicted molar refractivity (Wildman–Crippen MR) is 90.1 cm³/mol. The fourth-order valence-electron chi connectivity index (χ4n) is 3.00. The third kappa shape index (κ3) is 2.96. The average molecular weight is 319 g/mol. The highest BCUT2D eigenvalue weighted by atomic mass is 16.1. The third-order valence-electron chi connectivity index (χ3n) is 4.24. The highest BCUT2D eigenvalue weighted by Crippen LogP contribution is 2.19. The molecular weight excluding hydrogens is 302 g/mol. The number of nitrogens with zero attached hydrogens (tertiary/aromatic N) is 4. The van der Waals surface area contributed by atoms with Crippen molar-refractivity contribution in [3.8, 4) is 11.4 Å². The summed E-state index contributed by atoms with van der Waals surface area (Å²) >= 11 is 0. The summed E-state index contributed by atoms with van der Waals surface area (Å²) in [5.74, 6) is 0.592. The van der Waals surface area contributed by atoms with Gasteiger partial charge in [-0.2, -0.15) is 0 Å². The van der Waals surface area contributed by atoms with Crippen LogP contribution in [0.5, 0.6) is 0 Å². The molecule has 120 valence electrons. The van der Waals surface area contributed by atoms with Gasteiger partial charge in [0.25, 0.3) is 5.56 Å². The molecule has 0 amide bonds. The lowest BCUT2D eigenvalue weighted by Crippen LogP contribution is -2.35. The Morgan fingerprint density at radius 2 is 2.00 bits per heavy atom. The maximum Gasteiger partial charge on any atom is 0.255 e. The molecule has 1 aliphatic heterocycles. The molecule has 3 aromatic rings. The molecule has 0 atom stereocenters. The first-order valence-corrected chi connectivity index (χ1v) is 7.93. The van der Waals surface area contributed by atoms with Crippen molar-refractivity contribution in [2.24, 2.45) is 0 Å². The molecule has 0 unspecified atom stereocenters. The Kier molecular flexibility index (Phi) is 3.88. The second-order valence-corrected chi connectivity index (χ2v) is 5.90. The predicted octanol–water partition coefficient (Wildman–Crippen LogP) is 1.79. The number of rotatable bonds is 3. The van der Waals surface area contributed by atoms with Gasteiger partial charge in [0.05, 0.1) is 11.3 Å². The van der Waals surface area contributed by atoms with Crippen molar-refractivity contribution in [3.05, 3.63) is 76.2 Å². The summed E-state index contributed by atoms with van der Waals surface area (Å²) in [6, 6.07) is 7.74. The van der Waals surface area contributed by atoms with Crippen molar-refractivity contribution in [1.82, 2.24) is 24.8 Å². The maximum absolute atomic E-state index is 12.5. The summed E-state index contributed by atoms with van der Waals surface area (Å²) in [7, 11) is 0. The highest BCUT2D eigenvalue weighted by molar-refractivity contribution is 5.53. The lowest BCUT2D eigenvalue weighted by molar-refractivity contribution is 0.242. The average Bonchev–Trinajstić information content (AvgIpc) is 2.64. The van der Waals surface area contributed by atoms with E-state index in [4.69, 9.17) is 0 Å². The fraction of sp³-hybridized carbons (Fsp3) is 0.222. The first-order valence-electron chi connectivity index (χ1n) is 7.93. The molecule has 24 heavy (non-hydrogen) atoms. The third-order valence-corrected chi connectivity index (χ3v) is 4.24. The molecule has 0 fully saturated rings. The van der Waals surface area contributed by atoms with Crippen molar-refractivity contribution in [3.63, 3.8) is 0 Å². The number of hydrogen-bond donors (Lipinski definition) is 1. The molecule has 3 aromatic heterocycles. The van der Waals surface area contributed by atoms with E-state index in [-0.39, 0.29) is 5.56 Å². The topological polar surface area (TPSA) is 74.8 Å². The smallest absolute Gasteiger partial charge is 0.255 e. The molecule has 0 saturated heterocycles. The number of hydrogen-bond acceptors (Lipinski definition) is 5. The van der Waals surface area contributed by atoms with E-state index in [1.165, 1.54) is 5.56 Å². The van der Waals surface area contributed by atoms with E-state index >= 15 is 0 Å². The van der Waals surface area contributed by atoms with Gasteiger partial charge in [0, 0.05) is 56.4 Å². The lowest BCUT2D eigenvalue weighted by Gasteiger charge is -2.27. The zero-order valence-corrected chi connectivity index (χ0v) is 13.1. The van der Waals surface area contributed by atoms with Crippen molar-refractivity contribution >= 4 is 0 Å². The van der Waals surface area contributed by atoms with Crippen molar-refractivity contribution in [1.29, 1.82) is 0 Å². The van der Waals surface area contributed by atoms with E-state index in [2.05, 4.69) is 24.8 Å². The van der Waals surface area contributed by atoms with E-state index in [0.717, 1.165) is 36.3 Å². The molecule has 0 aliphatic carbocycles. The first kappa shape index (κ1) is 14.7. The summed E-state index contributed by atoms with van der Waals surface area (Å²) in [5.41, 5.74) is 3.63. The Morgan fingerprint density at radius 3 is 2.79 bits per heavy atom. The van der Waals surface area contributed by atoms with E-state index < -0.39 is 0 Å². The normalized spacial score (nSPS) is 14.3. The van der Waals surface area contributed by atoms with Gasteiger partial charge >= 0.3 is 0 Å². The number of nitrogens with one attached hydrogen (secondary N) is 1. The van der Waals surface area contributed by atoms with E-state index in [9.17, 15) is 4.79 Å². The highest BCUT2D eigenvalue weighted by Gasteiger charge is 2.21. The van der Waals surface area contributed by atoms with Gasteiger partial charge in [0.15, 0.2) is 0 Å². The van der Waals surface area contributed by atoms with E-state index in [1.54, 1.807) is 24.8 Å². The van der Waals surface area contributed by atoms with Gasteiger partial charge in [-0.25, -0.2) is 4.98 Å². The van der Waals surface area contributed by atoms with Crippen LogP contribution < -0.4 is 5.56 Å². The van der Waals surface area contributed by atoms with Crippen LogP contribution in [0.15, 0.2) is 53.8 Å². The minimum atomic E-state index is -0.0571. The molecule has 0 aromatic carbocycles. The van der Waals surface area contributed by atoms with E-state index in [1.807, 2.05) is 24.3 Å². The van der Waals surface area contributed by atoms with E-state index in [0.29, 0.717) is 12.4 Å². The first-order chi connectivity index (χ1) is 11.8. The van der Waals surface area contributed by atoms with Gasteiger partial charge < -0.3 is 4.98 Å². The minimum Gasteiger partial charge on any atom is -0.306 e. The molecule has 4 rings (SSSR count). The molecule has 1 N–H and O–H groups in total. The van der Waals surface area contributed by atoms with Crippen LogP contribution in [0.4, 0.5) is 0 Å². The Balaban J connectivity index is 1.60. The van der Waals surface area contributed by atoms with Crippen molar-refractivity contribution < 1.29 is 0 Å². The standard InChI is InChI=1S/C18H17N5O/c24-18-15-12-23(11-13-3-7-19-8-4-13)9-5-16(15)21-17(22-18)14-2-1-6-20-10-14/h1-4,6-8,10H,5,9,11-12H2,(H,21,22,24). The van der Waals surface area contributed by atoms with Crippen LogP contribution in [0, 0.1) is 0 Å². The molecular formula is C18H17N5O. The lowest BCUT2D eigenvalue weighted by atomic mass is 10.1. The molecule has 4 heterocycles. The zero-order valence-electron chi connectivity index (χ0n) is 13.1. The number of fused-ring (bicyclic) bond motifs is 1. The van der Waals surface area contributed by atoms with Crippen LogP contribution in [0.2, 0.25) is 0 Å². The van der Waals surface area contributed by atoms with Crippen molar-refractivity contribution in [2.45, 2.75) is 19.5 Å². The van der Waals surface area contributed by atoms with Gasteiger partial charge in [-0.3, -0.25) is 19.7 Å². The van der Waals surface area contributed by atoms with Gasteiger partial charge in [0.1, 0.15) is 5.82 Å². The summed E-state index contributed by atoms with van der Waals surface area (Å²) in [6.45, 7) is 2.32. The monoisotopic (exact) mass is 319 g/mol. The number of aromatic amines is 1. The molecule has 0 bridgehead atoms. The summed E-state index contributed by atoms with van der Waals surface area (Å²) in [6.07, 6.45) is 7.78. The Hall–Kier alpha value is -2.86. The molecule has 0 radical (unpaired) electrons. The van der Waals surface area contributed by atoms with Crippen LogP contribution in [-0.4, -0.2) is 31.4 Å². The van der Waals surface area contributed by atoms with Gasteiger partial charge in [-0.15, -0.1) is 0 Å². The summed E-state index contributed by atoms with van der Waals surface area (Å²) in [5, 5.41) is 0. The number of aromatic nitrogens is 4. The van der Waals surface area contributed by atoms with Gasteiger partial charge in [-0.1, -0.05) is 0 Å². The molecule has 0 spiro atoms. The summed E-state index contributed by atoms with van der Waals surface area (Å²) in [4.78, 5) is 30.4.